The minimum Gasteiger partial charge on any atom is -0.303 e. The van der Waals surface area contributed by atoms with E-state index in [0.717, 1.165) is 11.6 Å². The van der Waals surface area contributed by atoms with Crippen LogP contribution in [0.3, 0.4) is 0 Å². The van der Waals surface area contributed by atoms with Gasteiger partial charge in [0.2, 0.25) is 0 Å². The second-order valence-corrected chi connectivity index (χ2v) is 5.62. The van der Waals surface area contributed by atoms with Crippen LogP contribution in [-0.4, -0.2) is 9.97 Å². The van der Waals surface area contributed by atoms with E-state index in [4.69, 9.17) is 0 Å². The molecule has 3 nitrogen and oxygen atoms in total. The Morgan fingerprint density at radius 2 is 2.33 bits per heavy atom. The van der Waals surface area contributed by atoms with E-state index in [2.05, 4.69) is 29.1 Å². The Labute approximate surface area is 97.2 Å². The lowest BCUT2D eigenvalue weighted by Crippen LogP contribution is -2.17. The summed E-state index contributed by atoms with van der Waals surface area (Å²) in [5.74, 6) is 0. The molecule has 15 heavy (non-hydrogen) atoms. The molecule has 0 fully saturated rings. The molecule has 0 spiro atoms. The molecule has 0 saturated heterocycles. The van der Waals surface area contributed by atoms with Gasteiger partial charge in [-0.2, -0.15) is 0 Å². The molecule has 2 rings (SSSR count). The van der Waals surface area contributed by atoms with Crippen LogP contribution in [0.15, 0.2) is 17.9 Å². The maximum absolute atomic E-state index is 4.36. The summed E-state index contributed by atoms with van der Waals surface area (Å²) < 4.78 is 0. The van der Waals surface area contributed by atoms with Crippen LogP contribution >= 0.6 is 22.7 Å². The Hall–Kier alpha value is -0.780. The highest BCUT2D eigenvalue weighted by atomic mass is 32.1. The van der Waals surface area contributed by atoms with Gasteiger partial charge in [-0.25, -0.2) is 4.98 Å². The van der Waals surface area contributed by atoms with E-state index < -0.39 is 0 Å². The Morgan fingerprint density at radius 3 is 2.93 bits per heavy atom. The van der Waals surface area contributed by atoms with Gasteiger partial charge in [-0.05, 0) is 13.8 Å². The van der Waals surface area contributed by atoms with Crippen LogP contribution in [-0.2, 0) is 6.54 Å². The number of hydrogen-bond donors (Lipinski definition) is 1. The van der Waals surface area contributed by atoms with E-state index >= 15 is 0 Å². The van der Waals surface area contributed by atoms with Crippen molar-refractivity contribution in [1.82, 2.24) is 15.3 Å². The molecule has 2 aromatic heterocycles. The smallest absolute Gasteiger partial charge is 0.109 e. The minimum atomic E-state index is 0.311. The summed E-state index contributed by atoms with van der Waals surface area (Å²) in [5.41, 5.74) is 1.86. The third-order valence-electron chi connectivity index (χ3n) is 2.08. The van der Waals surface area contributed by atoms with Crippen molar-refractivity contribution in [3.63, 3.8) is 0 Å². The molecular formula is C10H13N3S2. The summed E-state index contributed by atoms with van der Waals surface area (Å²) in [7, 11) is 0. The molecule has 1 N–H and O–H groups in total. The molecule has 2 aromatic rings. The first-order valence-corrected chi connectivity index (χ1v) is 6.48. The van der Waals surface area contributed by atoms with Crippen molar-refractivity contribution in [3.8, 4) is 0 Å². The van der Waals surface area contributed by atoms with E-state index in [1.54, 1.807) is 22.7 Å². The minimum absolute atomic E-state index is 0.311. The summed E-state index contributed by atoms with van der Waals surface area (Å²) in [6, 6.07) is 0.311. The number of rotatable bonds is 4. The second kappa shape index (κ2) is 4.83. The highest BCUT2D eigenvalue weighted by Crippen LogP contribution is 2.19. The van der Waals surface area contributed by atoms with E-state index in [1.165, 1.54) is 9.75 Å². The lowest BCUT2D eigenvalue weighted by atomic mass is 10.3. The van der Waals surface area contributed by atoms with Crippen molar-refractivity contribution in [2.75, 3.05) is 0 Å². The van der Waals surface area contributed by atoms with Crippen LogP contribution in [0, 0.1) is 6.92 Å². The van der Waals surface area contributed by atoms with Gasteiger partial charge in [-0.3, -0.25) is 4.98 Å². The topological polar surface area (TPSA) is 37.8 Å². The SMILES string of the molecule is Cc1cnc(C(C)NCc2cncs2)s1. The summed E-state index contributed by atoms with van der Waals surface area (Å²) in [6.07, 6.45) is 3.82. The number of aryl methyl sites for hydroxylation is 1. The van der Waals surface area contributed by atoms with Crippen LogP contribution in [0.5, 0.6) is 0 Å². The molecule has 0 aromatic carbocycles. The van der Waals surface area contributed by atoms with Crippen LogP contribution < -0.4 is 5.32 Å². The van der Waals surface area contributed by atoms with Gasteiger partial charge >= 0.3 is 0 Å². The Kier molecular flexibility index (Phi) is 3.45. The molecule has 1 atom stereocenters. The van der Waals surface area contributed by atoms with E-state index in [-0.39, 0.29) is 0 Å². The van der Waals surface area contributed by atoms with E-state index in [9.17, 15) is 0 Å². The van der Waals surface area contributed by atoms with Crippen molar-refractivity contribution < 1.29 is 0 Å². The van der Waals surface area contributed by atoms with Gasteiger partial charge < -0.3 is 5.32 Å². The van der Waals surface area contributed by atoms with Gasteiger partial charge in [0.1, 0.15) is 5.01 Å². The average Bonchev–Trinajstić information content (AvgIpc) is 2.84. The molecule has 5 heteroatoms. The molecule has 0 amide bonds. The summed E-state index contributed by atoms with van der Waals surface area (Å²) in [5, 5.41) is 4.58. The first-order valence-electron chi connectivity index (χ1n) is 4.79. The first kappa shape index (κ1) is 10.7. The molecular weight excluding hydrogens is 226 g/mol. The number of nitrogens with one attached hydrogen (secondary N) is 1. The monoisotopic (exact) mass is 239 g/mol. The van der Waals surface area contributed by atoms with Crippen LogP contribution in [0.4, 0.5) is 0 Å². The first-order chi connectivity index (χ1) is 7.25. The Bertz CT molecular complexity index is 408. The normalized spacial score (nSPS) is 12.9. The van der Waals surface area contributed by atoms with Gasteiger partial charge in [0.15, 0.2) is 0 Å². The van der Waals surface area contributed by atoms with Crippen LogP contribution in [0.2, 0.25) is 0 Å². The zero-order valence-electron chi connectivity index (χ0n) is 8.73. The summed E-state index contributed by atoms with van der Waals surface area (Å²) >= 11 is 3.42. The summed E-state index contributed by atoms with van der Waals surface area (Å²) in [6.45, 7) is 5.08. The van der Waals surface area contributed by atoms with E-state index in [0.29, 0.717) is 6.04 Å². The molecule has 0 aliphatic heterocycles. The molecule has 0 aliphatic carbocycles. The third-order valence-corrected chi connectivity index (χ3v) is 3.95. The van der Waals surface area contributed by atoms with Crippen molar-refractivity contribution in [2.45, 2.75) is 26.4 Å². The number of aromatic nitrogens is 2. The van der Waals surface area contributed by atoms with Gasteiger partial charge in [0, 0.05) is 28.7 Å². The molecule has 80 valence electrons. The molecule has 0 saturated carbocycles. The number of hydrogen-bond acceptors (Lipinski definition) is 5. The van der Waals surface area contributed by atoms with Gasteiger partial charge in [0.05, 0.1) is 11.6 Å². The highest BCUT2D eigenvalue weighted by Gasteiger charge is 2.08. The van der Waals surface area contributed by atoms with Crippen LogP contribution in [0.1, 0.15) is 27.7 Å². The maximum Gasteiger partial charge on any atom is 0.109 e. The molecule has 0 radical (unpaired) electrons. The molecule has 1 unspecified atom stereocenters. The predicted octanol–water partition coefficient (Wildman–Crippen LogP) is 2.76. The summed E-state index contributed by atoms with van der Waals surface area (Å²) in [4.78, 5) is 10.9. The molecule has 0 aliphatic rings. The number of nitrogens with zero attached hydrogens (tertiary/aromatic N) is 2. The fraction of sp³-hybridized carbons (Fsp3) is 0.400. The average molecular weight is 239 g/mol. The van der Waals surface area contributed by atoms with Gasteiger partial charge in [-0.15, -0.1) is 22.7 Å². The Balaban J connectivity index is 1.90. The van der Waals surface area contributed by atoms with Crippen molar-refractivity contribution in [2.24, 2.45) is 0 Å². The van der Waals surface area contributed by atoms with Crippen molar-refractivity contribution in [1.29, 1.82) is 0 Å². The van der Waals surface area contributed by atoms with E-state index in [1.807, 2.05) is 17.9 Å². The van der Waals surface area contributed by atoms with Crippen molar-refractivity contribution in [3.05, 3.63) is 32.7 Å². The van der Waals surface area contributed by atoms with Crippen molar-refractivity contribution >= 4 is 22.7 Å². The Morgan fingerprint density at radius 1 is 1.47 bits per heavy atom. The third kappa shape index (κ3) is 2.84. The maximum atomic E-state index is 4.36. The lowest BCUT2D eigenvalue weighted by Gasteiger charge is -2.09. The fourth-order valence-corrected chi connectivity index (χ4v) is 2.59. The van der Waals surface area contributed by atoms with Crippen LogP contribution in [0.25, 0.3) is 0 Å². The standard InChI is InChI=1S/C10H13N3S2/c1-7-3-13-10(15-7)8(2)12-5-9-4-11-6-14-9/h3-4,6,8,12H,5H2,1-2H3. The largest absolute Gasteiger partial charge is 0.303 e. The molecule has 2 heterocycles. The molecule has 0 bridgehead atoms. The fourth-order valence-electron chi connectivity index (χ4n) is 1.24. The zero-order valence-corrected chi connectivity index (χ0v) is 10.4. The number of thiazole rings is 2. The quantitative estimate of drug-likeness (QED) is 0.891. The van der Waals surface area contributed by atoms with Gasteiger partial charge in [-0.1, -0.05) is 0 Å². The lowest BCUT2D eigenvalue weighted by molar-refractivity contribution is 0.575. The zero-order chi connectivity index (χ0) is 10.7. The van der Waals surface area contributed by atoms with Gasteiger partial charge in [0.25, 0.3) is 0 Å². The highest BCUT2D eigenvalue weighted by molar-refractivity contribution is 7.11. The second-order valence-electron chi connectivity index (χ2n) is 3.38. The predicted molar refractivity (Wildman–Crippen MR) is 64.2 cm³/mol.